The number of ether oxygens (including phenoxy) is 1. The maximum absolute atomic E-state index is 10.9. The Morgan fingerprint density at radius 2 is 1.86 bits per heavy atom. The molecular formula is C13H23N3O4S+2. The molecule has 0 bridgehead atoms. The molecule has 1 aliphatic rings. The number of hydrogen-bond donors (Lipinski definition) is 1. The molecule has 1 aliphatic heterocycles. The van der Waals surface area contributed by atoms with E-state index in [1.54, 1.807) is 0 Å². The molecule has 1 fully saturated rings. The highest BCUT2D eigenvalue weighted by molar-refractivity contribution is 7.85. The second kappa shape index (κ2) is 6.27. The zero-order chi connectivity index (χ0) is 15.5. The van der Waals surface area contributed by atoms with Gasteiger partial charge in [-0.25, -0.2) is 0 Å². The molecule has 1 aromatic heterocycles. The number of pyridine rings is 1. The van der Waals surface area contributed by atoms with Crippen LogP contribution in [0.2, 0.25) is 0 Å². The molecule has 21 heavy (non-hydrogen) atoms. The van der Waals surface area contributed by atoms with Crippen LogP contribution in [-0.2, 0) is 14.9 Å². The molecular weight excluding hydrogens is 294 g/mol. The van der Waals surface area contributed by atoms with Crippen LogP contribution in [0.4, 0.5) is 5.69 Å². The highest BCUT2D eigenvalue weighted by atomic mass is 32.2. The van der Waals surface area contributed by atoms with Crippen molar-refractivity contribution in [2.75, 3.05) is 57.7 Å². The Labute approximate surface area is 125 Å². The van der Waals surface area contributed by atoms with E-state index in [2.05, 4.69) is 5.01 Å². The molecule has 1 aromatic rings. The molecule has 0 saturated carbocycles. The van der Waals surface area contributed by atoms with E-state index in [9.17, 15) is 8.42 Å². The smallest absolute Gasteiger partial charge is 0.270 e. The van der Waals surface area contributed by atoms with Crippen molar-refractivity contribution in [3.63, 3.8) is 0 Å². The first-order valence-corrected chi connectivity index (χ1v) is 8.52. The summed E-state index contributed by atoms with van der Waals surface area (Å²) < 4.78 is 38.4. The molecule has 118 valence electrons. The number of hydrogen-bond acceptors (Lipinski definition) is 4. The lowest BCUT2D eigenvalue weighted by Gasteiger charge is -2.28. The average Bonchev–Trinajstić information content (AvgIpc) is 2.46. The normalized spacial score (nSPS) is 17.0. The Morgan fingerprint density at radius 1 is 1.29 bits per heavy atom. The summed E-state index contributed by atoms with van der Waals surface area (Å²) in [6, 6.07) is 3.94. The quantitative estimate of drug-likeness (QED) is 0.446. The Balaban J connectivity index is 2.06. The fraction of sp³-hybridized carbons (Fsp3) is 0.615. The van der Waals surface area contributed by atoms with E-state index in [1.165, 1.54) is 0 Å². The van der Waals surface area contributed by atoms with Crippen LogP contribution in [-0.4, -0.2) is 65.7 Å². The Bertz CT molecular complexity index is 566. The summed E-state index contributed by atoms with van der Waals surface area (Å²) in [5, 5.41) is 2.19. The molecule has 8 heteroatoms. The molecule has 0 amide bonds. The van der Waals surface area contributed by atoms with Gasteiger partial charge in [0.2, 0.25) is 12.4 Å². The van der Waals surface area contributed by atoms with Crippen molar-refractivity contribution < 1.29 is 22.4 Å². The van der Waals surface area contributed by atoms with E-state index in [1.807, 2.05) is 43.3 Å². The number of aromatic nitrogens is 1. The topological polar surface area (TPSA) is 70.7 Å². The summed E-state index contributed by atoms with van der Waals surface area (Å²) in [6.07, 6.45) is 3.93. The lowest BCUT2D eigenvalue weighted by atomic mass is 10.3. The predicted molar refractivity (Wildman–Crippen MR) is 80.3 cm³/mol. The molecule has 0 atom stereocenters. The van der Waals surface area contributed by atoms with E-state index in [-0.39, 0.29) is 5.75 Å². The van der Waals surface area contributed by atoms with E-state index in [0.717, 1.165) is 32.0 Å². The van der Waals surface area contributed by atoms with Crippen molar-refractivity contribution in [1.29, 1.82) is 0 Å². The maximum Gasteiger partial charge on any atom is 0.270 e. The van der Waals surface area contributed by atoms with Gasteiger partial charge in [0.05, 0.1) is 59.1 Å². The zero-order valence-electron chi connectivity index (χ0n) is 12.5. The van der Waals surface area contributed by atoms with Crippen LogP contribution in [0.5, 0.6) is 0 Å². The van der Waals surface area contributed by atoms with Crippen LogP contribution in [0.1, 0.15) is 0 Å². The largest absolute Gasteiger partial charge is 0.377 e. The Hall–Kier alpha value is -1.22. The van der Waals surface area contributed by atoms with E-state index >= 15 is 0 Å². The molecule has 2 heterocycles. The third kappa shape index (κ3) is 4.63. The third-order valence-electron chi connectivity index (χ3n) is 3.72. The van der Waals surface area contributed by atoms with Gasteiger partial charge >= 0.3 is 0 Å². The van der Waals surface area contributed by atoms with Gasteiger partial charge in [0.15, 0.2) is 0 Å². The molecule has 1 N–H and O–H groups in total. The summed E-state index contributed by atoms with van der Waals surface area (Å²) in [5.41, 5.74) is 0.989. The number of rotatable bonds is 5. The summed E-state index contributed by atoms with van der Waals surface area (Å²) in [6.45, 7) is 3.48. The number of quaternary nitrogens is 1. The summed E-state index contributed by atoms with van der Waals surface area (Å²) in [7, 11) is -0.101. The molecule has 0 unspecified atom stereocenters. The van der Waals surface area contributed by atoms with Gasteiger partial charge in [-0.1, -0.05) is 4.68 Å². The van der Waals surface area contributed by atoms with E-state index in [0.29, 0.717) is 11.0 Å². The van der Waals surface area contributed by atoms with Gasteiger partial charge in [0.25, 0.3) is 10.1 Å². The number of morpholine rings is 1. The van der Waals surface area contributed by atoms with Crippen molar-refractivity contribution in [2.45, 2.75) is 0 Å². The minimum atomic E-state index is -3.93. The molecule has 0 aromatic carbocycles. The van der Waals surface area contributed by atoms with Crippen molar-refractivity contribution in [1.82, 2.24) is 4.48 Å². The Morgan fingerprint density at radius 3 is 2.38 bits per heavy atom. The monoisotopic (exact) mass is 317 g/mol. The van der Waals surface area contributed by atoms with Crippen molar-refractivity contribution in [2.24, 2.45) is 0 Å². The predicted octanol–water partition coefficient (Wildman–Crippen LogP) is -0.603. The van der Waals surface area contributed by atoms with E-state index < -0.39 is 10.1 Å². The van der Waals surface area contributed by atoms with Gasteiger partial charge in [-0.05, 0) is 0 Å². The third-order valence-corrected chi connectivity index (χ3v) is 4.42. The Kier molecular flexibility index (Phi) is 4.82. The molecule has 0 spiro atoms. The SMILES string of the molecule is C[N+](C)(CCS(=O)(=O)O)c1cc[n+](N2CCOCC2)cc1. The lowest BCUT2D eigenvalue weighted by molar-refractivity contribution is -0.695. The van der Waals surface area contributed by atoms with Crippen LogP contribution < -0.4 is 14.2 Å². The molecule has 0 radical (unpaired) electrons. The molecule has 1 saturated heterocycles. The fourth-order valence-electron chi connectivity index (χ4n) is 2.26. The highest BCUT2D eigenvalue weighted by Crippen LogP contribution is 2.16. The first-order chi connectivity index (χ1) is 9.78. The standard InChI is InChI=1S/C13H22N3O4S/c1-16(2,9-12-21(17,18)19)13-3-5-14(6-4-13)15-7-10-20-11-8-15/h3-6H,7-12H2,1-2H3/q+1/p+1. The average molecular weight is 317 g/mol. The van der Waals surface area contributed by atoms with Crippen LogP contribution >= 0.6 is 0 Å². The fourth-order valence-corrected chi connectivity index (χ4v) is 2.95. The highest BCUT2D eigenvalue weighted by Gasteiger charge is 2.24. The van der Waals surface area contributed by atoms with Gasteiger partial charge in [-0.2, -0.15) is 13.4 Å². The molecule has 0 aliphatic carbocycles. The van der Waals surface area contributed by atoms with Gasteiger partial charge in [0, 0.05) is 0 Å². The minimum Gasteiger partial charge on any atom is -0.377 e. The second-order valence-corrected chi connectivity index (χ2v) is 7.27. The second-order valence-electron chi connectivity index (χ2n) is 5.70. The molecule has 2 rings (SSSR count). The molecule has 7 nitrogen and oxygen atoms in total. The van der Waals surface area contributed by atoms with Gasteiger partial charge in [-0.3, -0.25) is 9.04 Å². The summed E-state index contributed by atoms with van der Waals surface area (Å²) in [4.78, 5) is 0. The zero-order valence-corrected chi connectivity index (χ0v) is 13.3. The van der Waals surface area contributed by atoms with Crippen LogP contribution in [0, 0.1) is 0 Å². The maximum atomic E-state index is 10.9. The van der Waals surface area contributed by atoms with Crippen molar-refractivity contribution >= 4 is 15.8 Å². The lowest BCUT2D eigenvalue weighted by Crippen LogP contribution is -2.61. The van der Waals surface area contributed by atoms with Gasteiger partial charge in [-0.15, -0.1) is 0 Å². The minimum absolute atomic E-state index is 0.252. The summed E-state index contributed by atoms with van der Waals surface area (Å²) >= 11 is 0. The summed E-state index contributed by atoms with van der Waals surface area (Å²) in [5.74, 6) is -0.252. The number of nitrogens with zero attached hydrogens (tertiary/aromatic N) is 3. The van der Waals surface area contributed by atoms with Crippen molar-refractivity contribution in [3.8, 4) is 0 Å². The van der Waals surface area contributed by atoms with Crippen LogP contribution in [0.3, 0.4) is 0 Å². The van der Waals surface area contributed by atoms with E-state index in [4.69, 9.17) is 9.29 Å². The first-order valence-electron chi connectivity index (χ1n) is 6.91. The first kappa shape index (κ1) is 16.2. The van der Waals surface area contributed by atoms with Gasteiger partial charge in [0.1, 0.15) is 11.4 Å². The van der Waals surface area contributed by atoms with Crippen LogP contribution in [0.15, 0.2) is 24.5 Å². The van der Waals surface area contributed by atoms with Gasteiger partial charge < -0.3 is 4.74 Å². The van der Waals surface area contributed by atoms with Crippen LogP contribution in [0.25, 0.3) is 0 Å². The van der Waals surface area contributed by atoms with Crippen molar-refractivity contribution in [3.05, 3.63) is 24.5 Å².